The second-order valence-electron chi connectivity index (χ2n) is 5.07. The van der Waals surface area contributed by atoms with Crippen LogP contribution in [0.5, 0.6) is 0 Å². The molecular weight excluding hydrogens is 196 g/mol. The first-order chi connectivity index (χ1) is 7.86. The minimum Gasteiger partial charge on any atom is -0.311 e. The van der Waals surface area contributed by atoms with Crippen molar-refractivity contribution in [2.75, 3.05) is 13.1 Å². The fourth-order valence-corrected chi connectivity index (χ4v) is 3.19. The van der Waals surface area contributed by atoms with Crippen molar-refractivity contribution in [1.82, 2.24) is 10.2 Å². The number of nitrogens with zero attached hydrogens (tertiary/aromatic N) is 1. The van der Waals surface area contributed by atoms with Gasteiger partial charge in [0.05, 0.1) is 0 Å². The molecule has 0 saturated carbocycles. The van der Waals surface area contributed by atoms with Gasteiger partial charge in [-0.25, -0.2) is 0 Å². The number of nitrogens with one attached hydrogen (secondary N) is 1. The van der Waals surface area contributed by atoms with E-state index in [2.05, 4.69) is 41.4 Å². The van der Waals surface area contributed by atoms with Crippen LogP contribution in [0.2, 0.25) is 0 Å². The molecule has 2 atom stereocenters. The van der Waals surface area contributed by atoms with Crippen molar-refractivity contribution in [1.29, 1.82) is 0 Å². The predicted octanol–water partition coefficient (Wildman–Crippen LogP) is 2.32. The third-order valence-corrected chi connectivity index (χ3v) is 4.07. The third kappa shape index (κ3) is 1.66. The van der Waals surface area contributed by atoms with E-state index >= 15 is 0 Å². The molecule has 0 spiro atoms. The van der Waals surface area contributed by atoms with Crippen LogP contribution in [0.3, 0.4) is 0 Å². The molecule has 0 bridgehead atoms. The molecule has 2 nitrogen and oxygen atoms in total. The summed E-state index contributed by atoms with van der Waals surface area (Å²) < 4.78 is 0. The maximum atomic E-state index is 3.55. The first-order valence-corrected chi connectivity index (χ1v) is 6.40. The fraction of sp³-hybridized carbons (Fsp3) is 0.571. The Morgan fingerprint density at radius 3 is 3.00 bits per heavy atom. The summed E-state index contributed by atoms with van der Waals surface area (Å²) in [7, 11) is 0. The van der Waals surface area contributed by atoms with Gasteiger partial charge in [0.25, 0.3) is 0 Å². The van der Waals surface area contributed by atoms with E-state index < -0.39 is 0 Å². The van der Waals surface area contributed by atoms with Gasteiger partial charge in [0.15, 0.2) is 0 Å². The second-order valence-corrected chi connectivity index (χ2v) is 5.07. The monoisotopic (exact) mass is 216 g/mol. The van der Waals surface area contributed by atoms with Crippen LogP contribution in [-0.2, 0) is 6.54 Å². The quantitative estimate of drug-likeness (QED) is 0.775. The van der Waals surface area contributed by atoms with Crippen LogP contribution in [0.15, 0.2) is 24.3 Å². The lowest BCUT2D eigenvalue weighted by Gasteiger charge is -2.36. The largest absolute Gasteiger partial charge is 0.311 e. The van der Waals surface area contributed by atoms with Crippen LogP contribution in [0.1, 0.15) is 36.9 Å². The van der Waals surface area contributed by atoms with Gasteiger partial charge in [0, 0.05) is 25.2 Å². The Morgan fingerprint density at radius 1 is 1.31 bits per heavy atom. The topological polar surface area (TPSA) is 15.3 Å². The van der Waals surface area contributed by atoms with Gasteiger partial charge in [-0.15, -0.1) is 0 Å². The Kier molecular flexibility index (Phi) is 2.70. The number of likely N-dealkylation sites (tertiary alicyclic amines) is 1. The lowest BCUT2D eigenvalue weighted by molar-refractivity contribution is 0.179. The number of hydrogen-bond donors (Lipinski definition) is 1. The molecule has 0 aromatic heterocycles. The van der Waals surface area contributed by atoms with Gasteiger partial charge in [-0.3, -0.25) is 4.90 Å². The number of benzene rings is 1. The Morgan fingerprint density at radius 2 is 2.19 bits per heavy atom. The summed E-state index contributed by atoms with van der Waals surface area (Å²) in [6.45, 7) is 5.78. The van der Waals surface area contributed by atoms with E-state index in [1.54, 1.807) is 5.56 Å². The van der Waals surface area contributed by atoms with E-state index in [4.69, 9.17) is 0 Å². The number of hydrogen-bond acceptors (Lipinski definition) is 2. The first kappa shape index (κ1) is 10.3. The maximum absolute atomic E-state index is 3.55. The molecule has 0 aliphatic carbocycles. The van der Waals surface area contributed by atoms with Crippen LogP contribution < -0.4 is 5.32 Å². The molecule has 2 aliphatic rings. The summed E-state index contributed by atoms with van der Waals surface area (Å²) in [5.74, 6) is 0. The first-order valence-electron chi connectivity index (χ1n) is 6.40. The van der Waals surface area contributed by atoms with Gasteiger partial charge in [-0.05, 0) is 37.4 Å². The molecule has 2 heteroatoms. The SMILES string of the molecule is CC1CCCN1C1CNCc2ccccc21. The second kappa shape index (κ2) is 4.19. The summed E-state index contributed by atoms with van der Waals surface area (Å²) in [6.07, 6.45) is 2.72. The number of fused-ring (bicyclic) bond motifs is 1. The highest BCUT2D eigenvalue weighted by Gasteiger charge is 2.31. The zero-order valence-electron chi connectivity index (χ0n) is 9.95. The van der Waals surface area contributed by atoms with E-state index in [0.717, 1.165) is 19.1 Å². The third-order valence-electron chi connectivity index (χ3n) is 4.07. The van der Waals surface area contributed by atoms with Crippen molar-refractivity contribution in [2.24, 2.45) is 0 Å². The molecule has 2 heterocycles. The van der Waals surface area contributed by atoms with Gasteiger partial charge < -0.3 is 5.32 Å². The van der Waals surface area contributed by atoms with Crippen molar-refractivity contribution in [2.45, 2.75) is 38.4 Å². The molecule has 0 amide bonds. The molecule has 1 fully saturated rings. The lowest BCUT2D eigenvalue weighted by atomic mass is 9.95. The van der Waals surface area contributed by atoms with E-state index in [9.17, 15) is 0 Å². The van der Waals surface area contributed by atoms with Gasteiger partial charge in [-0.1, -0.05) is 24.3 Å². The summed E-state index contributed by atoms with van der Waals surface area (Å²) in [6, 6.07) is 10.2. The van der Waals surface area contributed by atoms with Gasteiger partial charge in [-0.2, -0.15) is 0 Å². The zero-order chi connectivity index (χ0) is 11.0. The summed E-state index contributed by atoms with van der Waals surface area (Å²) in [5, 5.41) is 3.55. The highest BCUT2D eigenvalue weighted by molar-refractivity contribution is 5.32. The van der Waals surface area contributed by atoms with Crippen molar-refractivity contribution in [3.05, 3.63) is 35.4 Å². The van der Waals surface area contributed by atoms with Crippen LogP contribution >= 0.6 is 0 Å². The molecule has 2 aliphatic heterocycles. The standard InChI is InChI=1S/C14H20N2/c1-11-5-4-8-16(11)14-10-15-9-12-6-2-3-7-13(12)14/h2-3,6-7,11,14-15H,4-5,8-10H2,1H3. The molecule has 1 aromatic rings. The Labute approximate surface area is 97.6 Å². The van der Waals surface area contributed by atoms with Crippen LogP contribution in [0.4, 0.5) is 0 Å². The molecule has 86 valence electrons. The van der Waals surface area contributed by atoms with Crippen molar-refractivity contribution in [3.8, 4) is 0 Å². The molecular formula is C14H20N2. The highest BCUT2D eigenvalue weighted by atomic mass is 15.2. The molecule has 3 rings (SSSR count). The maximum Gasteiger partial charge on any atom is 0.0478 e. The molecule has 2 unspecified atom stereocenters. The van der Waals surface area contributed by atoms with Crippen LogP contribution in [-0.4, -0.2) is 24.0 Å². The van der Waals surface area contributed by atoms with E-state index in [1.807, 2.05) is 0 Å². The van der Waals surface area contributed by atoms with Crippen molar-refractivity contribution < 1.29 is 0 Å². The molecule has 1 aromatic carbocycles. The Balaban J connectivity index is 1.92. The average Bonchev–Trinajstić information content (AvgIpc) is 2.75. The highest BCUT2D eigenvalue weighted by Crippen LogP contribution is 2.32. The van der Waals surface area contributed by atoms with E-state index in [1.165, 1.54) is 24.9 Å². The normalized spacial score (nSPS) is 30.3. The van der Waals surface area contributed by atoms with Crippen LogP contribution in [0.25, 0.3) is 0 Å². The summed E-state index contributed by atoms with van der Waals surface area (Å²) in [4.78, 5) is 2.67. The predicted molar refractivity (Wildman–Crippen MR) is 66.3 cm³/mol. The zero-order valence-corrected chi connectivity index (χ0v) is 9.95. The Hall–Kier alpha value is -0.860. The molecule has 16 heavy (non-hydrogen) atoms. The van der Waals surface area contributed by atoms with E-state index in [-0.39, 0.29) is 0 Å². The van der Waals surface area contributed by atoms with Crippen LogP contribution in [0, 0.1) is 0 Å². The molecule has 1 N–H and O–H groups in total. The lowest BCUT2D eigenvalue weighted by Crippen LogP contribution is -2.41. The van der Waals surface area contributed by atoms with E-state index in [0.29, 0.717) is 6.04 Å². The smallest absolute Gasteiger partial charge is 0.0478 e. The minimum atomic E-state index is 0.599. The van der Waals surface area contributed by atoms with Gasteiger partial charge in [0.2, 0.25) is 0 Å². The van der Waals surface area contributed by atoms with Crippen molar-refractivity contribution in [3.63, 3.8) is 0 Å². The van der Waals surface area contributed by atoms with Gasteiger partial charge in [0.1, 0.15) is 0 Å². The summed E-state index contributed by atoms with van der Waals surface area (Å²) >= 11 is 0. The average molecular weight is 216 g/mol. The molecule has 1 saturated heterocycles. The van der Waals surface area contributed by atoms with Gasteiger partial charge >= 0.3 is 0 Å². The van der Waals surface area contributed by atoms with Crippen molar-refractivity contribution >= 4 is 0 Å². The summed E-state index contributed by atoms with van der Waals surface area (Å²) in [5.41, 5.74) is 3.04. The Bertz CT molecular complexity index is 375. The minimum absolute atomic E-state index is 0.599. The fourth-order valence-electron chi connectivity index (χ4n) is 3.19. The molecule has 0 radical (unpaired) electrons. The number of rotatable bonds is 1.